The number of benzene rings is 1. The average molecular weight is 313 g/mol. The summed E-state index contributed by atoms with van der Waals surface area (Å²) in [5.74, 6) is -0.144. The standard InChI is InChI=1S/C13H19N3O4S/c1-21(18,19)16-11-4-2-3-10(7-11)15-13(17)8-12-9-20-6-5-14-12/h2-4,7,12,14,16H,5-6,8-9H2,1H3,(H,15,17). The molecule has 1 unspecified atom stereocenters. The number of nitrogens with one attached hydrogen (secondary N) is 3. The molecule has 1 aromatic rings. The van der Waals surface area contributed by atoms with E-state index in [4.69, 9.17) is 4.74 Å². The molecule has 1 amide bonds. The fraction of sp³-hybridized carbons (Fsp3) is 0.462. The summed E-state index contributed by atoms with van der Waals surface area (Å²) in [6.07, 6.45) is 1.39. The molecular formula is C13H19N3O4S. The molecule has 1 fully saturated rings. The van der Waals surface area contributed by atoms with Crippen LogP contribution in [0.1, 0.15) is 6.42 Å². The summed E-state index contributed by atoms with van der Waals surface area (Å²) in [5.41, 5.74) is 0.958. The van der Waals surface area contributed by atoms with Crippen LogP contribution in [0.4, 0.5) is 11.4 Å². The Balaban J connectivity index is 1.92. The maximum Gasteiger partial charge on any atom is 0.229 e. The fourth-order valence-corrected chi connectivity index (χ4v) is 2.62. The van der Waals surface area contributed by atoms with E-state index in [1.807, 2.05) is 0 Å². The van der Waals surface area contributed by atoms with Gasteiger partial charge in [0.2, 0.25) is 15.9 Å². The van der Waals surface area contributed by atoms with Crippen molar-refractivity contribution in [2.75, 3.05) is 36.1 Å². The summed E-state index contributed by atoms with van der Waals surface area (Å²) in [4.78, 5) is 11.9. The van der Waals surface area contributed by atoms with E-state index < -0.39 is 10.0 Å². The van der Waals surface area contributed by atoms with Crippen molar-refractivity contribution in [2.24, 2.45) is 0 Å². The first-order valence-corrected chi connectivity index (χ1v) is 8.50. The molecule has 116 valence electrons. The van der Waals surface area contributed by atoms with Crippen LogP contribution in [0.25, 0.3) is 0 Å². The summed E-state index contributed by atoms with van der Waals surface area (Å²) < 4.78 is 30.0. The minimum Gasteiger partial charge on any atom is -0.378 e. The maximum atomic E-state index is 11.9. The quantitative estimate of drug-likeness (QED) is 0.730. The van der Waals surface area contributed by atoms with Crippen molar-refractivity contribution >= 4 is 27.3 Å². The Morgan fingerprint density at radius 2 is 2.19 bits per heavy atom. The van der Waals surface area contributed by atoms with E-state index in [-0.39, 0.29) is 11.9 Å². The van der Waals surface area contributed by atoms with E-state index in [0.717, 1.165) is 12.8 Å². The number of amides is 1. The first kappa shape index (κ1) is 15.7. The van der Waals surface area contributed by atoms with Crippen molar-refractivity contribution < 1.29 is 17.9 Å². The summed E-state index contributed by atoms with van der Waals surface area (Å²) in [6, 6.07) is 6.58. The van der Waals surface area contributed by atoms with Gasteiger partial charge >= 0.3 is 0 Å². The summed E-state index contributed by atoms with van der Waals surface area (Å²) in [5, 5.41) is 5.95. The van der Waals surface area contributed by atoms with Gasteiger partial charge in [0, 0.05) is 24.7 Å². The number of rotatable bonds is 5. The molecule has 1 saturated heterocycles. The third-order valence-electron chi connectivity index (χ3n) is 2.88. The lowest BCUT2D eigenvalue weighted by Crippen LogP contribution is -2.43. The van der Waals surface area contributed by atoms with Crippen molar-refractivity contribution in [1.29, 1.82) is 0 Å². The fourth-order valence-electron chi connectivity index (χ4n) is 2.06. The molecule has 1 aliphatic rings. The summed E-state index contributed by atoms with van der Waals surface area (Å²) in [6.45, 7) is 1.92. The van der Waals surface area contributed by atoms with Crippen molar-refractivity contribution in [3.63, 3.8) is 0 Å². The lowest BCUT2D eigenvalue weighted by molar-refractivity contribution is -0.117. The second kappa shape index (κ2) is 6.88. The lowest BCUT2D eigenvalue weighted by Gasteiger charge is -2.23. The molecule has 0 aliphatic carbocycles. The van der Waals surface area contributed by atoms with Crippen molar-refractivity contribution in [2.45, 2.75) is 12.5 Å². The predicted molar refractivity (Wildman–Crippen MR) is 80.8 cm³/mol. The topological polar surface area (TPSA) is 96.5 Å². The average Bonchev–Trinajstić information content (AvgIpc) is 2.38. The number of hydrogen-bond donors (Lipinski definition) is 3. The smallest absolute Gasteiger partial charge is 0.229 e. The van der Waals surface area contributed by atoms with Gasteiger partial charge in [-0.15, -0.1) is 0 Å². The van der Waals surface area contributed by atoms with Gasteiger partial charge in [0.05, 0.1) is 25.2 Å². The zero-order chi connectivity index (χ0) is 15.3. The second-order valence-electron chi connectivity index (χ2n) is 4.93. The highest BCUT2D eigenvalue weighted by Crippen LogP contribution is 2.16. The normalized spacial score (nSPS) is 19.0. The molecule has 0 radical (unpaired) electrons. The number of sulfonamides is 1. The number of anilines is 2. The summed E-state index contributed by atoms with van der Waals surface area (Å²) in [7, 11) is -3.33. The minimum absolute atomic E-state index is 0.0103. The Kier molecular flexibility index (Phi) is 5.16. The Bertz CT molecular complexity index is 597. The van der Waals surface area contributed by atoms with Gasteiger partial charge in [-0.2, -0.15) is 0 Å². The molecule has 21 heavy (non-hydrogen) atoms. The Hall–Kier alpha value is -1.64. The van der Waals surface area contributed by atoms with E-state index in [2.05, 4.69) is 15.4 Å². The second-order valence-corrected chi connectivity index (χ2v) is 6.68. The molecule has 7 nitrogen and oxygen atoms in total. The van der Waals surface area contributed by atoms with Crippen LogP contribution in [0.2, 0.25) is 0 Å². The molecule has 0 bridgehead atoms. The van der Waals surface area contributed by atoms with E-state index in [9.17, 15) is 13.2 Å². The minimum atomic E-state index is -3.33. The van der Waals surface area contributed by atoms with Gasteiger partial charge in [0.15, 0.2) is 0 Å². The number of hydrogen-bond acceptors (Lipinski definition) is 5. The lowest BCUT2D eigenvalue weighted by atomic mass is 10.2. The number of carbonyl (C=O) groups is 1. The number of ether oxygens (including phenoxy) is 1. The van der Waals surface area contributed by atoms with Crippen LogP contribution >= 0.6 is 0 Å². The number of morpholine rings is 1. The van der Waals surface area contributed by atoms with Crippen LogP contribution in [-0.2, 0) is 19.6 Å². The van der Waals surface area contributed by atoms with Crippen LogP contribution < -0.4 is 15.4 Å². The molecule has 1 heterocycles. The Morgan fingerprint density at radius 1 is 1.43 bits per heavy atom. The Labute approximate surface area is 124 Å². The molecule has 1 aromatic carbocycles. The van der Waals surface area contributed by atoms with Crippen LogP contribution in [0.15, 0.2) is 24.3 Å². The van der Waals surface area contributed by atoms with Gasteiger partial charge in [-0.25, -0.2) is 8.42 Å². The van der Waals surface area contributed by atoms with Gasteiger partial charge in [-0.3, -0.25) is 9.52 Å². The molecule has 1 atom stereocenters. The molecule has 0 saturated carbocycles. The van der Waals surface area contributed by atoms with Crippen molar-refractivity contribution in [1.82, 2.24) is 5.32 Å². The molecule has 8 heteroatoms. The van der Waals surface area contributed by atoms with Gasteiger partial charge in [0.25, 0.3) is 0 Å². The zero-order valence-electron chi connectivity index (χ0n) is 11.8. The van der Waals surface area contributed by atoms with Gasteiger partial charge < -0.3 is 15.4 Å². The molecule has 3 N–H and O–H groups in total. The van der Waals surface area contributed by atoms with Crippen LogP contribution in [-0.4, -0.2) is 46.4 Å². The highest BCUT2D eigenvalue weighted by Gasteiger charge is 2.16. The Morgan fingerprint density at radius 3 is 2.86 bits per heavy atom. The SMILES string of the molecule is CS(=O)(=O)Nc1cccc(NC(=O)CC2COCCN2)c1. The molecule has 0 spiro atoms. The van der Waals surface area contributed by atoms with Crippen LogP contribution in [0.3, 0.4) is 0 Å². The molecule has 0 aromatic heterocycles. The predicted octanol–water partition coefficient (Wildman–Crippen LogP) is 0.375. The number of carbonyl (C=O) groups excluding carboxylic acids is 1. The van der Waals surface area contributed by atoms with Gasteiger partial charge in [0.1, 0.15) is 0 Å². The van der Waals surface area contributed by atoms with Crippen LogP contribution in [0, 0.1) is 0 Å². The largest absolute Gasteiger partial charge is 0.378 e. The molecule has 1 aliphatic heterocycles. The first-order valence-electron chi connectivity index (χ1n) is 6.61. The highest BCUT2D eigenvalue weighted by atomic mass is 32.2. The van der Waals surface area contributed by atoms with E-state index in [1.54, 1.807) is 24.3 Å². The van der Waals surface area contributed by atoms with Gasteiger partial charge in [-0.1, -0.05) is 6.07 Å². The highest BCUT2D eigenvalue weighted by molar-refractivity contribution is 7.92. The van der Waals surface area contributed by atoms with Gasteiger partial charge in [-0.05, 0) is 18.2 Å². The maximum absolute atomic E-state index is 11.9. The molecular weight excluding hydrogens is 294 g/mol. The van der Waals surface area contributed by atoms with Crippen molar-refractivity contribution in [3.8, 4) is 0 Å². The van der Waals surface area contributed by atoms with E-state index >= 15 is 0 Å². The van der Waals surface area contributed by atoms with E-state index in [1.165, 1.54) is 0 Å². The van der Waals surface area contributed by atoms with E-state index in [0.29, 0.717) is 31.0 Å². The monoisotopic (exact) mass is 313 g/mol. The van der Waals surface area contributed by atoms with Crippen molar-refractivity contribution in [3.05, 3.63) is 24.3 Å². The van der Waals surface area contributed by atoms with Crippen LogP contribution in [0.5, 0.6) is 0 Å². The molecule has 2 rings (SSSR count). The third-order valence-corrected chi connectivity index (χ3v) is 3.49. The third kappa shape index (κ3) is 5.70. The summed E-state index contributed by atoms with van der Waals surface area (Å²) >= 11 is 0. The first-order chi connectivity index (χ1) is 9.92. The zero-order valence-corrected chi connectivity index (χ0v) is 12.6.